The maximum Gasteiger partial charge on any atom is 0.373 e. The van der Waals surface area contributed by atoms with E-state index in [1.807, 2.05) is 56.4 Å². The summed E-state index contributed by atoms with van der Waals surface area (Å²) in [6, 6.07) is 20.2. The van der Waals surface area contributed by atoms with Crippen molar-refractivity contribution in [2.75, 3.05) is 6.54 Å². The van der Waals surface area contributed by atoms with E-state index in [0.717, 1.165) is 22.3 Å². The van der Waals surface area contributed by atoms with E-state index >= 15 is 0 Å². The summed E-state index contributed by atoms with van der Waals surface area (Å²) in [7, 11) is -3.86. The lowest BCUT2D eigenvalue weighted by atomic mass is 9.81. The Morgan fingerprint density at radius 3 is 2.42 bits per heavy atom. The third-order valence-electron chi connectivity index (χ3n) is 8.62. The number of fused-ring (bicyclic) bond motifs is 1. The number of hydrogen-bond donors (Lipinski definition) is 1. The first kappa shape index (κ1) is 37.7. The molecule has 0 amide bonds. The molecular weight excluding hydrogens is 691 g/mol. The minimum absolute atomic E-state index is 0.0169. The van der Waals surface area contributed by atoms with Gasteiger partial charge in [0.15, 0.2) is 0 Å². The number of sulfonamides is 1. The second-order valence-electron chi connectivity index (χ2n) is 13.0. The van der Waals surface area contributed by atoms with Crippen LogP contribution in [-0.2, 0) is 55.4 Å². The topological polar surface area (TPSA) is 189 Å². The molecule has 1 aliphatic heterocycles. The molecule has 6 rings (SSSR count). The van der Waals surface area contributed by atoms with Crippen LogP contribution in [-0.4, -0.2) is 72.6 Å². The summed E-state index contributed by atoms with van der Waals surface area (Å²) < 4.78 is 44.6. The van der Waals surface area contributed by atoms with E-state index < -0.39 is 27.5 Å². The molecule has 52 heavy (non-hydrogen) atoms. The van der Waals surface area contributed by atoms with Gasteiger partial charge in [-0.25, -0.2) is 17.8 Å². The van der Waals surface area contributed by atoms with Crippen molar-refractivity contribution in [2.45, 2.75) is 71.0 Å². The smallest absolute Gasteiger partial charge is 0.373 e. The molecule has 272 valence electrons. The predicted molar refractivity (Wildman–Crippen MR) is 184 cm³/mol. The fraction of sp³-hybridized carbons (Fsp3) is 0.333. The first-order valence-corrected chi connectivity index (χ1v) is 17.8. The highest BCUT2D eigenvalue weighted by Crippen LogP contribution is 2.39. The molecule has 0 bridgehead atoms. The number of carbonyl (C=O) groups is 1. The monoisotopic (exact) mass is 729 g/mol. The van der Waals surface area contributed by atoms with E-state index in [-0.39, 0.29) is 36.8 Å². The Bertz CT molecular complexity index is 2140. The summed E-state index contributed by atoms with van der Waals surface area (Å²) in [5, 5.41) is 26.7. The van der Waals surface area contributed by atoms with Crippen molar-refractivity contribution in [3.05, 3.63) is 119 Å². The highest BCUT2D eigenvalue weighted by atomic mass is 32.2. The first-order valence-electron chi connectivity index (χ1n) is 16.3. The second-order valence-corrected chi connectivity index (χ2v) is 14.9. The third-order valence-corrected chi connectivity index (χ3v) is 10.5. The Labute approximate surface area is 300 Å². The lowest BCUT2D eigenvalue weighted by molar-refractivity contribution is -0.191. The molecule has 0 saturated heterocycles. The van der Waals surface area contributed by atoms with E-state index in [4.69, 9.17) is 19.1 Å². The first-order chi connectivity index (χ1) is 24.8. The number of carboxylic acids is 1. The molecule has 1 N–H and O–H groups in total. The molecule has 16 heteroatoms. The van der Waals surface area contributed by atoms with E-state index in [0.29, 0.717) is 30.1 Å². The highest BCUT2D eigenvalue weighted by Gasteiger charge is 2.40. The maximum atomic E-state index is 13.7. The van der Waals surface area contributed by atoms with Gasteiger partial charge in [0, 0.05) is 12.7 Å². The van der Waals surface area contributed by atoms with Crippen LogP contribution in [0, 0.1) is 12.3 Å². The van der Waals surface area contributed by atoms with E-state index in [1.54, 1.807) is 59.9 Å². The van der Waals surface area contributed by atoms with Gasteiger partial charge in [0.25, 0.3) is 0 Å². The lowest BCUT2D eigenvalue weighted by Crippen LogP contribution is -2.36. The zero-order valence-corrected chi connectivity index (χ0v) is 29.9. The van der Waals surface area contributed by atoms with Crippen LogP contribution < -0.4 is 4.74 Å². The Balaban J connectivity index is 0.00000168. The second kappa shape index (κ2) is 16.2. The number of carboxylic acid groups (broad SMARTS) is 1. The quantitative estimate of drug-likeness (QED) is 0.194. The molecule has 0 spiro atoms. The molecule has 1 aliphatic rings. The summed E-state index contributed by atoms with van der Waals surface area (Å²) in [5.41, 5.74) is 3.53. The SMILES string of the molecule is Cc1ccc(C(OCc2cn(Cc3cccc(Cn4ccnn4)c3)nn2)C(C)(C)C(=O)O)cc1CN1C[C@@H](C)Oc2ccccc2S1(=O)=O.O=C=O. The van der Waals surface area contributed by atoms with Gasteiger partial charge in [0.2, 0.25) is 10.0 Å². The number of benzene rings is 3. The van der Waals surface area contributed by atoms with Crippen molar-refractivity contribution >= 4 is 22.1 Å². The van der Waals surface area contributed by atoms with Gasteiger partial charge in [0.05, 0.1) is 50.2 Å². The molecule has 0 saturated carbocycles. The van der Waals surface area contributed by atoms with Gasteiger partial charge in [-0.15, -0.1) is 10.2 Å². The number of hydrogen-bond acceptors (Lipinski definition) is 11. The molecule has 0 aliphatic carbocycles. The minimum Gasteiger partial charge on any atom is -0.488 e. The van der Waals surface area contributed by atoms with Crippen molar-refractivity contribution < 1.29 is 37.4 Å². The Kier molecular flexibility index (Phi) is 11.8. The number of aromatic nitrogens is 6. The molecule has 15 nitrogen and oxygen atoms in total. The van der Waals surface area contributed by atoms with Gasteiger partial charge in [0.1, 0.15) is 22.4 Å². The average molecular weight is 730 g/mol. The molecular formula is C36H39N7O8S. The zero-order valence-electron chi connectivity index (χ0n) is 29.1. The summed E-state index contributed by atoms with van der Waals surface area (Å²) in [5.74, 6) is -0.708. The van der Waals surface area contributed by atoms with Crippen molar-refractivity contribution in [1.29, 1.82) is 0 Å². The average Bonchev–Trinajstić information content (AvgIpc) is 3.76. The number of aliphatic carboxylic acids is 1. The predicted octanol–water partition coefficient (Wildman–Crippen LogP) is 4.03. The van der Waals surface area contributed by atoms with E-state index in [9.17, 15) is 18.3 Å². The molecule has 3 aromatic carbocycles. The molecule has 0 fully saturated rings. The minimum atomic E-state index is -3.86. The van der Waals surface area contributed by atoms with Crippen LogP contribution in [0.4, 0.5) is 0 Å². The van der Waals surface area contributed by atoms with Crippen LogP contribution in [0.3, 0.4) is 0 Å². The maximum absolute atomic E-state index is 13.7. The number of ether oxygens (including phenoxy) is 2. The summed E-state index contributed by atoms with van der Waals surface area (Å²) in [6.07, 6.45) is 4.22. The van der Waals surface area contributed by atoms with Crippen molar-refractivity contribution in [1.82, 2.24) is 34.3 Å². The Hall–Kier alpha value is -5.54. The zero-order chi connectivity index (χ0) is 37.5. The van der Waals surface area contributed by atoms with Crippen molar-refractivity contribution in [2.24, 2.45) is 5.41 Å². The summed E-state index contributed by atoms with van der Waals surface area (Å²) in [4.78, 5) is 28.9. The molecule has 0 radical (unpaired) electrons. The molecule has 1 unspecified atom stereocenters. The molecule has 2 aromatic heterocycles. The lowest BCUT2D eigenvalue weighted by Gasteiger charge is -2.31. The molecule has 3 heterocycles. The van der Waals surface area contributed by atoms with Crippen LogP contribution in [0.2, 0.25) is 0 Å². The van der Waals surface area contributed by atoms with Crippen LogP contribution in [0.5, 0.6) is 5.75 Å². The molecule has 5 aromatic rings. The number of carbonyl (C=O) groups excluding carboxylic acids is 2. The van der Waals surface area contributed by atoms with Crippen molar-refractivity contribution in [3.8, 4) is 5.75 Å². The number of aryl methyl sites for hydroxylation is 1. The van der Waals surface area contributed by atoms with Gasteiger partial charge in [-0.1, -0.05) is 65.0 Å². The van der Waals surface area contributed by atoms with Crippen LogP contribution in [0.15, 0.2) is 90.2 Å². The van der Waals surface area contributed by atoms with Crippen molar-refractivity contribution in [3.63, 3.8) is 0 Å². The Morgan fingerprint density at radius 1 is 1.02 bits per heavy atom. The fourth-order valence-electron chi connectivity index (χ4n) is 5.90. The summed E-state index contributed by atoms with van der Waals surface area (Å²) in [6.45, 7) is 8.29. The number of para-hydroxylation sites is 1. The van der Waals surface area contributed by atoms with Gasteiger partial charge >= 0.3 is 12.1 Å². The van der Waals surface area contributed by atoms with Gasteiger partial charge in [-0.2, -0.15) is 13.9 Å². The van der Waals surface area contributed by atoms with Gasteiger partial charge in [-0.3, -0.25) is 4.79 Å². The van der Waals surface area contributed by atoms with E-state index in [2.05, 4.69) is 26.7 Å². The van der Waals surface area contributed by atoms with Crippen LogP contribution in [0.1, 0.15) is 60.4 Å². The Morgan fingerprint density at radius 2 is 1.73 bits per heavy atom. The number of rotatable bonds is 12. The van der Waals surface area contributed by atoms with E-state index in [1.165, 1.54) is 4.31 Å². The number of nitrogens with zero attached hydrogens (tertiary/aromatic N) is 7. The largest absolute Gasteiger partial charge is 0.488 e. The fourth-order valence-corrected chi connectivity index (χ4v) is 7.52. The van der Waals surface area contributed by atoms with Gasteiger partial charge in [-0.05, 0) is 67.6 Å². The standard InChI is InChI=1S/C35H39N7O6S.CO2/c1-24-12-13-28(17-29(24)21-42-18-25(2)48-31-10-5-6-11-32(31)49(42,45)46)33(35(3,4)34(43)44)47-23-30-22-41(39-37-30)20-27-9-7-8-26(16-27)19-40-15-14-36-38-40;2-1-3/h5-17,22,25,33H,18-21,23H2,1-4H3,(H,43,44);/t25-,33?;/m1./s1. The highest BCUT2D eigenvalue weighted by molar-refractivity contribution is 7.89. The van der Waals surface area contributed by atoms with Crippen LogP contribution in [0.25, 0.3) is 0 Å². The van der Waals surface area contributed by atoms with Gasteiger partial charge < -0.3 is 14.6 Å². The molecule has 2 atom stereocenters. The summed E-state index contributed by atoms with van der Waals surface area (Å²) >= 11 is 0. The third kappa shape index (κ3) is 8.84. The normalized spacial score (nSPS) is 16.0. The van der Waals surface area contributed by atoms with Crippen LogP contribution >= 0.6 is 0 Å².